The van der Waals surface area contributed by atoms with Gasteiger partial charge in [0.15, 0.2) is 11.6 Å². The molecule has 2 aromatic heterocycles. The number of aromatic nitrogens is 3. The number of hydrogen-bond donors (Lipinski definition) is 4. The van der Waals surface area contributed by atoms with Crippen LogP contribution in [0.5, 0.6) is 0 Å². The first-order chi connectivity index (χ1) is 15.6. The van der Waals surface area contributed by atoms with Gasteiger partial charge in [-0.05, 0) is 49.4 Å². The summed E-state index contributed by atoms with van der Waals surface area (Å²) < 4.78 is 16.7. The van der Waals surface area contributed by atoms with E-state index in [4.69, 9.17) is 11.5 Å². The normalized spacial score (nSPS) is 15.6. The zero-order chi connectivity index (χ0) is 23.9. The summed E-state index contributed by atoms with van der Waals surface area (Å²) in [6, 6.07) is 6.60. The fourth-order valence-electron chi connectivity index (χ4n) is 4.10. The third-order valence-corrected chi connectivity index (χ3v) is 6.17. The lowest BCUT2D eigenvalue weighted by molar-refractivity contribution is 0.100. The van der Waals surface area contributed by atoms with E-state index >= 15 is 0 Å². The molecule has 1 fully saturated rings. The Labute approximate surface area is 192 Å². The number of nitrogens with one attached hydrogen (secondary N) is 2. The molecule has 0 aliphatic heterocycles. The van der Waals surface area contributed by atoms with Gasteiger partial charge in [-0.25, -0.2) is 9.37 Å². The third-order valence-electron chi connectivity index (χ3n) is 6.17. The van der Waals surface area contributed by atoms with Crippen LogP contribution in [0.3, 0.4) is 0 Å². The van der Waals surface area contributed by atoms with Crippen molar-refractivity contribution in [2.24, 2.45) is 24.4 Å². The Bertz CT molecular complexity index is 1180. The number of nitrogens with two attached hydrogens (primary N) is 2. The zero-order valence-corrected chi connectivity index (χ0v) is 19.5. The van der Waals surface area contributed by atoms with Crippen molar-refractivity contribution in [3.63, 3.8) is 0 Å². The predicted octanol–water partition coefficient (Wildman–Crippen LogP) is 4.00. The Morgan fingerprint density at radius 2 is 1.97 bits per heavy atom. The van der Waals surface area contributed by atoms with Crippen LogP contribution in [-0.2, 0) is 7.05 Å². The van der Waals surface area contributed by atoms with E-state index in [9.17, 15) is 9.18 Å². The molecule has 1 saturated carbocycles. The number of halogens is 1. The van der Waals surface area contributed by atoms with Gasteiger partial charge >= 0.3 is 0 Å². The van der Waals surface area contributed by atoms with Crippen molar-refractivity contribution in [3.8, 4) is 0 Å². The highest BCUT2D eigenvalue weighted by Gasteiger charge is 2.28. The van der Waals surface area contributed by atoms with Crippen LogP contribution in [0, 0.1) is 11.7 Å². The van der Waals surface area contributed by atoms with Crippen molar-refractivity contribution < 1.29 is 9.18 Å². The topological polar surface area (TPSA) is 124 Å². The van der Waals surface area contributed by atoms with E-state index < -0.39 is 11.7 Å². The number of hydrogen-bond acceptors (Lipinski definition) is 6. The summed E-state index contributed by atoms with van der Waals surface area (Å²) in [4.78, 5) is 16.4. The quantitative estimate of drug-likeness (QED) is 0.388. The number of nitrogens with zero attached hydrogens (tertiary/aromatic N) is 3. The molecule has 1 aliphatic carbocycles. The second-order valence-corrected chi connectivity index (χ2v) is 9.39. The number of carbonyl (C=O) groups is 1. The van der Waals surface area contributed by atoms with Crippen LogP contribution in [-0.4, -0.2) is 32.8 Å². The molecule has 2 heterocycles. The van der Waals surface area contributed by atoms with E-state index in [1.807, 2.05) is 36.9 Å². The highest BCUT2D eigenvalue weighted by atomic mass is 19.1. The zero-order valence-electron chi connectivity index (χ0n) is 19.5. The van der Waals surface area contributed by atoms with E-state index in [2.05, 4.69) is 34.6 Å². The molecule has 2 atom stereocenters. The van der Waals surface area contributed by atoms with Gasteiger partial charge in [0.25, 0.3) is 5.91 Å². The molecule has 0 radical (unpaired) electrons. The molecule has 0 bridgehead atoms. The van der Waals surface area contributed by atoms with Crippen molar-refractivity contribution in [1.82, 2.24) is 14.8 Å². The maximum absolute atomic E-state index is 14.8. The number of rotatable bonds is 9. The molecule has 176 valence electrons. The number of fused-ring (bicyclic) bond motifs is 1. The number of amides is 1. The number of carbonyl (C=O) groups excluding carboxylic acids is 1. The number of pyridine rings is 1. The van der Waals surface area contributed by atoms with Gasteiger partial charge in [-0.2, -0.15) is 5.10 Å². The molecule has 1 aliphatic rings. The molecule has 4 rings (SSSR count). The van der Waals surface area contributed by atoms with Gasteiger partial charge in [-0.15, -0.1) is 0 Å². The summed E-state index contributed by atoms with van der Waals surface area (Å²) in [7, 11) is 1.91. The molecule has 1 amide bonds. The van der Waals surface area contributed by atoms with Crippen LogP contribution in [0.1, 0.15) is 62.0 Å². The number of benzene rings is 1. The summed E-state index contributed by atoms with van der Waals surface area (Å²) in [6.07, 6.45) is 3.20. The minimum absolute atomic E-state index is 0.0204. The summed E-state index contributed by atoms with van der Waals surface area (Å²) >= 11 is 0. The van der Waals surface area contributed by atoms with Crippen LogP contribution >= 0.6 is 0 Å². The van der Waals surface area contributed by atoms with Crippen molar-refractivity contribution in [2.75, 3.05) is 10.6 Å². The maximum Gasteiger partial charge on any atom is 0.252 e. The Balaban J connectivity index is 1.69. The third kappa shape index (κ3) is 4.93. The van der Waals surface area contributed by atoms with Gasteiger partial charge in [0.1, 0.15) is 5.82 Å². The molecular weight excluding hydrogens is 421 g/mol. The molecule has 0 saturated heterocycles. The van der Waals surface area contributed by atoms with Crippen molar-refractivity contribution in [3.05, 3.63) is 41.3 Å². The van der Waals surface area contributed by atoms with Crippen LogP contribution in [0.4, 0.5) is 21.7 Å². The molecule has 33 heavy (non-hydrogen) atoms. The van der Waals surface area contributed by atoms with Crippen LogP contribution in [0.2, 0.25) is 0 Å². The molecule has 3 aromatic rings. The first kappa shape index (κ1) is 23.0. The molecule has 9 heteroatoms. The summed E-state index contributed by atoms with van der Waals surface area (Å²) in [5, 5.41) is 11.9. The van der Waals surface area contributed by atoms with Crippen molar-refractivity contribution in [1.29, 1.82) is 0 Å². The Kier molecular flexibility index (Phi) is 6.25. The van der Waals surface area contributed by atoms with Crippen molar-refractivity contribution in [2.45, 2.75) is 58.0 Å². The largest absolute Gasteiger partial charge is 0.365 e. The molecule has 8 nitrogen and oxygen atoms in total. The average molecular weight is 454 g/mol. The van der Waals surface area contributed by atoms with Gasteiger partial charge in [-0.1, -0.05) is 26.7 Å². The SMILES string of the molecule is CC(C)c1nn(C)c2ccc(Nc3nc(N[C@H](CC4CC4)[C@H](C)N)c(F)cc3C(N)=O)cc12. The van der Waals surface area contributed by atoms with Gasteiger partial charge < -0.3 is 22.1 Å². The lowest BCUT2D eigenvalue weighted by atomic mass is 10.0. The van der Waals surface area contributed by atoms with Crippen molar-refractivity contribution >= 4 is 34.1 Å². The lowest BCUT2D eigenvalue weighted by Crippen LogP contribution is -2.39. The lowest BCUT2D eigenvalue weighted by Gasteiger charge is -2.24. The van der Waals surface area contributed by atoms with Gasteiger partial charge in [0.05, 0.1) is 16.8 Å². The summed E-state index contributed by atoms with van der Waals surface area (Å²) in [6.45, 7) is 6.07. The molecular formula is C24H32FN7O. The number of primary amides is 1. The van der Waals surface area contributed by atoms with Gasteiger partial charge in [0, 0.05) is 30.2 Å². The van der Waals surface area contributed by atoms with Crippen LogP contribution in [0.25, 0.3) is 10.9 Å². The fourth-order valence-corrected chi connectivity index (χ4v) is 4.10. The maximum atomic E-state index is 14.8. The van der Waals surface area contributed by atoms with Crippen LogP contribution < -0.4 is 22.1 Å². The molecule has 0 spiro atoms. The fraction of sp³-hybridized carbons (Fsp3) is 0.458. The van der Waals surface area contributed by atoms with E-state index in [0.717, 1.165) is 29.1 Å². The highest BCUT2D eigenvalue weighted by molar-refractivity contribution is 5.99. The monoisotopic (exact) mass is 453 g/mol. The summed E-state index contributed by atoms with van der Waals surface area (Å²) in [5.41, 5.74) is 14.3. The number of aryl methyl sites for hydroxylation is 1. The minimum Gasteiger partial charge on any atom is -0.365 e. The second-order valence-electron chi connectivity index (χ2n) is 9.39. The Hall–Kier alpha value is -3.20. The molecule has 0 unspecified atom stereocenters. The highest BCUT2D eigenvalue weighted by Crippen LogP contribution is 2.35. The Morgan fingerprint density at radius 3 is 2.58 bits per heavy atom. The first-order valence-electron chi connectivity index (χ1n) is 11.4. The average Bonchev–Trinajstić information content (AvgIpc) is 3.50. The summed E-state index contributed by atoms with van der Waals surface area (Å²) in [5.74, 6) is -0.304. The standard InChI is InChI=1S/C24H32FN7O/c1-12(2)21-16-10-15(7-8-20(16)32(4)31-21)28-23-17(22(27)33)11-18(25)24(30-23)29-19(13(3)26)9-14-5-6-14/h7-8,10-14,19H,5-6,9,26H2,1-4H3,(H2,27,33)(H2,28,29,30)/t13-,19+/m0/s1. The van der Waals surface area contributed by atoms with E-state index in [0.29, 0.717) is 11.6 Å². The van der Waals surface area contributed by atoms with E-state index in [1.54, 1.807) is 0 Å². The van der Waals surface area contributed by atoms with Crippen LogP contribution in [0.15, 0.2) is 24.3 Å². The second kappa shape index (κ2) is 8.97. The number of anilines is 3. The predicted molar refractivity (Wildman–Crippen MR) is 129 cm³/mol. The Morgan fingerprint density at radius 1 is 1.24 bits per heavy atom. The minimum atomic E-state index is -0.762. The van der Waals surface area contributed by atoms with E-state index in [1.165, 1.54) is 12.8 Å². The smallest absolute Gasteiger partial charge is 0.252 e. The van der Waals surface area contributed by atoms with Gasteiger partial charge in [-0.3, -0.25) is 9.48 Å². The molecule has 6 N–H and O–H groups in total. The molecule has 1 aromatic carbocycles. The van der Waals surface area contributed by atoms with E-state index in [-0.39, 0.29) is 35.2 Å². The van der Waals surface area contributed by atoms with Gasteiger partial charge in [0.2, 0.25) is 0 Å². The first-order valence-corrected chi connectivity index (χ1v) is 11.4.